The summed E-state index contributed by atoms with van der Waals surface area (Å²) >= 11 is 0. The van der Waals surface area contributed by atoms with Gasteiger partial charge in [-0.1, -0.05) is 6.07 Å². The number of aromatic nitrogens is 4. The molecule has 0 atom stereocenters. The molecule has 90 valence electrons. The van der Waals surface area contributed by atoms with E-state index in [1.54, 1.807) is 28.9 Å². The molecule has 0 aliphatic rings. The van der Waals surface area contributed by atoms with Crippen LogP contribution in [-0.4, -0.2) is 19.6 Å². The Bertz CT molecular complexity index is 734. The predicted molar refractivity (Wildman–Crippen MR) is 65.3 cm³/mol. The molecule has 0 fully saturated rings. The van der Waals surface area contributed by atoms with Gasteiger partial charge in [0.1, 0.15) is 12.1 Å². The molecule has 3 rings (SSSR count). The van der Waals surface area contributed by atoms with Gasteiger partial charge in [-0.3, -0.25) is 4.40 Å². The number of fused-ring (bicyclic) bond motifs is 1. The van der Waals surface area contributed by atoms with Crippen LogP contribution in [-0.2, 0) is 0 Å². The molecule has 0 aliphatic carbocycles. The Morgan fingerprint density at radius 1 is 1.28 bits per heavy atom. The van der Waals surface area contributed by atoms with E-state index in [2.05, 4.69) is 15.2 Å². The summed E-state index contributed by atoms with van der Waals surface area (Å²) in [4.78, 5) is 4.17. The van der Waals surface area contributed by atoms with Gasteiger partial charge in [-0.05, 0) is 19.1 Å². The molecule has 6 heteroatoms. The van der Waals surface area contributed by atoms with Crippen molar-refractivity contribution < 1.29 is 4.39 Å². The predicted octanol–water partition coefficient (Wildman–Crippen LogP) is 1.82. The van der Waals surface area contributed by atoms with Gasteiger partial charge in [-0.15, -0.1) is 10.2 Å². The number of nitrogen functional groups attached to an aromatic ring is 1. The second kappa shape index (κ2) is 3.76. The summed E-state index contributed by atoms with van der Waals surface area (Å²) in [5.41, 5.74) is 7.78. The number of anilines is 1. The van der Waals surface area contributed by atoms with Crippen LogP contribution in [0.15, 0.2) is 30.6 Å². The van der Waals surface area contributed by atoms with Gasteiger partial charge >= 0.3 is 0 Å². The van der Waals surface area contributed by atoms with Gasteiger partial charge in [0.05, 0.1) is 5.69 Å². The van der Waals surface area contributed by atoms with Gasteiger partial charge in [0.25, 0.3) is 0 Å². The smallest absolute Gasteiger partial charge is 0.171 e. The topological polar surface area (TPSA) is 69.1 Å². The highest BCUT2D eigenvalue weighted by atomic mass is 19.1. The highest BCUT2D eigenvalue weighted by molar-refractivity contribution is 5.73. The van der Waals surface area contributed by atoms with Crippen molar-refractivity contribution in [1.29, 1.82) is 0 Å². The summed E-state index contributed by atoms with van der Waals surface area (Å²) in [7, 11) is 0. The van der Waals surface area contributed by atoms with Gasteiger partial charge in [0.15, 0.2) is 11.5 Å². The number of hydrogen-bond acceptors (Lipinski definition) is 4. The second-order valence-electron chi connectivity index (χ2n) is 3.98. The Kier molecular flexibility index (Phi) is 2.22. The third kappa shape index (κ3) is 1.50. The van der Waals surface area contributed by atoms with Crippen molar-refractivity contribution in [3.05, 3.63) is 42.1 Å². The van der Waals surface area contributed by atoms with Crippen LogP contribution in [0.2, 0.25) is 0 Å². The molecule has 0 radical (unpaired) electrons. The van der Waals surface area contributed by atoms with Crippen molar-refractivity contribution in [3.8, 4) is 11.4 Å². The molecular formula is C12H10FN5. The van der Waals surface area contributed by atoms with Crippen molar-refractivity contribution >= 4 is 11.3 Å². The molecule has 0 saturated heterocycles. The monoisotopic (exact) mass is 243 g/mol. The van der Waals surface area contributed by atoms with E-state index in [0.717, 1.165) is 5.69 Å². The minimum atomic E-state index is -0.468. The van der Waals surface area contributed by atoms with Crippen LogP contribution in [0, 0.1) is 12.7 Å². The quantitative estimate of drug-likeness (QED) is 0.662. The molecule has 2 aromatic heterocycles. The van der Waals surface area contributed by atoms with Crippen LogP contribution in [0.4, 0.5) is 10.1 Å². The largest absolute Gasteiger partial charge is 0.396 e. The number of aryl methyl sites for hydroxylation is 1. The molecule has 0 amide bonds. The number of benzene rings is 1. The standard InChI is InChI=1S/C12H10FN5/c1-7-5-10-16-17-12(18(10)6-15-7)8-3-2-4-9(13)11(8)14/h2-6H,14H2,1H3. The maximum atomic E-state index is 13.4. The zero-order valence-electron chi connectivity index (χ0n) is 9.63. The summed E-state index contributed by atoms with van der Waals surface area (Å²) in [5, 5.41) is 8.06. The Balaban J connectivity index is 2.29. The van der Waals surface area contributed by atoms with Crippen LogP contribution in [0.5, 0.6) is 0 Å². The molecule has 0 unspecified atom stereocenters. The van der Waals surface area contributed by atoms with Crippen molar-refractivity contribution in [3.63, 3.8) is 0 Å². The van der Waals surface area contributed by atoms with E-state index < -0.39 is 5.82 Å². The normalized spacial score (nSPS) is 11.0. The van der Waals surface area contributed by atoms with E-state index in [9.17, 15) is 4.39 Å². The van der Waals surface area contributed by atoms with Gasteiger partial charge in [0, 0.05) is 17.3 Å². The molecule has 0 bridgehead atoms. The van der Waals surface area contributed by atoms with Gasteiger partial charge < -0.3 is 5.73 Å². The lowest BCUT2D eigenvalue weighted by Crippen LogP contribution is -1.98. The van der Waals surface area contributed by atoms with Crippen molar-refractivity contribution in [2.75, 3.05) is 5.73 Å². The van der Waals surface area contributed by atoms with E-state index in [1.165, 1.54) is 6.07 Å². The summed E-state index contributed by atoms with van der Waals surface area (Å²) in [5.74, 6) is 0.0128. The molecule has 1 aromatic carbocycles. The van der Waals surface area contributed by atoms with E-state index in [1.807, 2.05) is 6.92 Å². The molecule has 5 nitrogen and oxygen atoms in total. The lowest BCUT2D eigenvalue weighted by atomic mass is 10.1. The third-order valence-electron chi connectivity index (χ3n) is 2.73. The molecule has 2 N–H and O–H groups in total. The first-order valence-electron chi connectivity index (χ1n) is 5.38. The number of nitrogens with two attached hydrogens (primary N) is 1. The average molecular weight is 243 g/mol. The number of nitrogens with zero attached hydrogens (tertiary/aromatic N) is 4. The summed E-state index contributed by atoms with van der Waals surface area (Å²) in [6.45, 7) is 1.87. The summed E-state index contributed by atoms with van der Waals surface area (Å²) < 4.78 is 15.1. The second-order valence-corrected chi connectivity index (χ2v) is 3.98. The van der Waals surface area contributed by atoms with Gasteiger partial charge in [0.2, 0.25) is 0 Å². The molecule has 0 aliphatic heterocycles. The number of hydrogen-bond donors (Lipinski definition) is 1. The summed E-state index contributed by atoms with van der Waals surface area (Å²) in [6.07, 6.45) is 1.60. The highest BCUT2D eigenvalue weighted by Crippen LogP contribution is 2.26. The zero-order chi connectivity index (χ0) is 12.7. The van der Waals surface area contributed by atoms with Crippen LogP contribution >= 0.6 is 0 Å². The van der Waals surface area contributed by atoms with E-state index in [4.69, 9.17) is 5.73 Å². The zero-order valence-corrected chi connectivity index (χ0v) is 9.63. The Morgan fingerprint density at radius 3 is 2.94 bits per heavy atom. The molecular weight excluding hydrogens is 233 g/mol. The average Bonchev–Trinajstić information content (AvgIpc) is 2.75. The maximum absolute atomic E-state index is 13.4. The van der Waals surface area contributed by atoms with E-state index in [0.29, 0.717) is 17.0 Å². The van der Waals surface area contributed by atoms with Crippen LogP contribution in [0.25, 0.3) is 17.0 Å². The maximum Gasteiger partial charge on any atom is 0.171 e. The van der Waals surface area contributed by atoms with Gasteiger partial charge in [-0.2, -0.15) is 0 Å². The van der Waals surface area contributed by atoms with E-state index >= 15 is 0 Å². The number of halogens is 1. The number of para-hydroxylation sites is 1. The first kappa shape index (κ1) is 10.6. The van der Waals surface area contributed by atoms with Crippen molar-refractivity contribution in [2.45, 2.75) is 6.92 Å². The molecule has 3 aromatic rings. The SMILES string of the molecule is Cc1cc2nnc(-c3cccc(F)c3N)n2cn1. The fourth-order valence-corrected chi connectivity index (χ4v) is 1.80. The number of rotatable bonds is 1. The first-order chi connectivity index (χ1) is 8.66. The van der Waals surface area contributed by atoms with Crippen LogP contribution < -0.4 is 5.73 Å². The highest BCUT2D eigenvalue weighted by Gasteiger charge is 2.13. The first-order valence-corrected chi connectivity index (χ1v) is 5.38. The van der Waals surface area contributed by atoms with Crippen LogP contribution in [0.3, 0.4) is 0 Å². The molecule has 2 heterocycles. The lowest BCUT2D eigenvalue weighted by Gasteiger charge is -2.04. The molecule has 18 heavy (non-hydrogen) atoms. The fraction of sp³-hybridized carbons (Fsp3) is 0.0833. The van der Waals surface area contributed by atoms with Gasteiger partial charge in [-0.25, -0.2) is 9.37 Å². The Labute approximate surface area is 102 Å². The minimum absolute atomic E-state index is 0.0624. The van der Waals surface area contributed by atoms with Crippen LogP contribution in [0.1, 0.15) is 5.69 Å². The van der Waals surface area contributed by atoms with E-state index in [-0.39, 0.29) is 5.69 Å². The molecule has 0 saturated carbocycles. The minimum Gasteiger partial charge on any atom is -0.396 e. The Morgan fingerprint density at radius 2 is 2.11 bits per heavy atom. The van der Waals surface area contributed by atoms with Crippen molar-refractivity contribution in [2.24, 2.45) is 0 Å². The molecule has 0 spiro atoms. The fourth-order valence-electron chi connectivity index (χ4n) is 1.80. The third-order valence-corrected chi connectivity index (χ3v) is 2.73. The lowest BCUT2D eigenvalue weighted by molar-refractivity contribution is 0.633. The Hall–Kier alpha value is -2.50. The summed E-state index contributed by atoms with van der Waals surface area (Å²) in [6, 6.07) is 6.40. The van der Waals surface area contributed by atoms with Crippen molar-refractivity contribution in [1.82, 2.24) is 19.6 Å².